The largest absolute Gasteiger partial charge is 0.301 e. The number of likely N-dealkylation sites (tertiary alicyclic amines) is 1. The zero-order chi connectivity index (χ0) is 12.8. The van der Waals surface area contributed by atoms with Gasteiger partial charge in [0.05, 0.1) is 12.0 Å². The zero-order valence-electron chi connectivity index (χ0n) is 11.2. The van der Waals surface area contributed by atoms with Gasteiger partial charge in [-0.25, -0.2) is 0 Å². The van der Waals surface area contributed by atoms with Crippen molar-refractivity contribution in [3.63, 3.8) is 0 Å². The van der Waals surface area contributed by atoms with E-state index in [0.717, 1.165) is 24.6 Å². The fourth-order valence-electron chi connectivity index (χ4n) is 2.81. The molecule has 2 unspecified atom stereocenters. The van der Waals surface area contributed by atoms with E-state index in [9.17, 15) is 5.26 Å². The average Bonchev–Trinajstić information content (AvgIpc) is 2.46. The molecule has 2 rings (SSSR count). The molecule has 1 fully saturated rings. The maximum absolute atomic E-state index is 9.36. The third-order valence-corrected chi connectivity index (χ3v) is 3.98. The molecule has 1 saturated heterocycles. The van der Waals surface area contributed by atoms with Gasteiger partial charge < -0.3 is 4.90 Å². The summed E-state index contributed by atoms with van der Waals surface area (Å²) in [7, 11) is 0. The number of hydrogen-bond donors (Lipinski definition) is 0. The Labute approximate surface area is 110 Å². The standard InChI is InChI=1S/C16H22N2/c1-2-14-7-6-10-18(12-14)13-16(11-17)15-8-4-3-5-9-15/h3-5,8-9,14,16H,2,6-7,10,12-13H2,1H3. The Hall–Kier alpha value is -1.33. The second-order valence-electron chi connectivity index (χ2n) is 5.27. The van der Waals surface area contributed by atoms with Gasteiger partial charge in [0.2, 0.25) is 0 Å². The van der Waals surface area contributed by atoms with E-state index in [-0.39, 0.29) is 5.92 Å². The van der Waals surface area contributed by atoms with Gasteiger partial charge >= 0.3 is 0 Å². The van der Waals surface area contributed by atoms with Gasteiger partial charge in [0.1, 0.15) is 0 Å². The van der Waals surface area contributed by atoms with Crippen molar-refractivity contribution < 1.29 is 0 Å². The van der Waals surface area contributed by atoms with E-state index in [2.05, 4.69) is 30.0 Å². The van der Waals surface area contributed by atoms with Crippen molar-refractivity contribution in [2.45, 2.75) is 32.1 Å². The molecule has 18 heavy (non-hydrogen) atoms. The molecule has 1 aliphatic heterocycles. The fourth-order valence-corrected chi connectivity index (χ4v) is 2.81. The molecule has 0 amide bonds. The fraction of sp³-hybridized carbons (Fsp3) is 0.562. The molecule has 0 aromatic heterocycles. The predicted octanol–water partition coefficient (Wildman–Crippen LogP) is 3.42. The van der Waals surface area contributed by atoms with Gasteiger partial charge in [0, 0.05) is 13.1 Å². The van der Waals surface area contributed by atoms with Crippen LogP contribution in [0.15, 0.2) is 30.3 Å². The normalized spacial score (nSPS) is 22.3. The van der Waals surface area contributed by atoms with Gasteiger partial charge in [-0.15, -0.1) is 0 Å². The van der Waals surface area contributed by atoms with Crippen molar-refractivity contribution in [3.8, 4) is 6.07 Å². The minimum absolute atomic E-state index is 0.0156. The maximum atomic E-state index is 9.36. The van der Waals surface area contributed by atoms with E-state index < -0.39 is 0 Å². The van der Waals surface area contributed by atoms with Crippen LogP contribution < -0.4 is 0 Å². The Morgan fingerprint density at radius 1 is 1.39 bits per heavy atom. The highest BCUT2D eigenvalue weighted by Crippen LogP contribution is 2.22. The first-order valence-corrected chi connectivity index (χ1v) is 7.00. The molecule has 2 atom stereocenters. The number of piperidine rings is 1. The SMILES string of the molecule is CCC1CCCN(CC(C#N)c2ccccc2)C1. The molecule has 1 aliphatic rings. The first-order valence-electron chi connectivity index (χ1n) is 7.00. The Morgan fingerprint density at radius 2 is 2.17 bits per heavy atom. The lowest BCUT2D eigenvalue weighted by atomic mass is 9.93. The molecule has 0 saturated carbocycles. The van der Waals surface area contributed by atoms with Crippen LogP contribution in [-0.2, 0) is 0 Å². The summed E-state index contributed by atoms with van der Waals surface area (Å²) >= 11 is 0. The average molecular weight is 242 g/mol. The Morgan fingerprint density at radius 3 is 2.83 bits per heavy atom. The summed E-state index contributed by atoms with van der Waals surface area (Å²) in [6.45, 7) is 5.48. The first kappa shape index (κ1) is 13.1. The van der Waals surface area contributed by atoms with E-state index in [1.54, 1.807) is 0 Å². The number of rotatable bonds is 4. The van der Waals surface area contributed by atoms with Crippen molar-refractivity contribution in [1.82, 2.24) is 4.90 Å². The highest BCUT2D eigenvalue weighted by molar-refractivity contribution is 5.25. The molecular formula is C16H22N2. The van der Waals surface area contributed by atoms with Crippen LogP contribution in [0.1, 0.15) is 37.7 Å². The highest BCUT2D eigenvalue weighted by Gasteiger charge is 2.21. The summed E-state index contributed by atoms with van der Waals surface area (Å²) in [5, 5.41) is 9.36. The molecule has 2 nitrogen and oxygen atoms in total. The van der Waals surface area contributed by atoms with E-state index in [0.29, 0.717) is 0 Å². The lowest BCUT2D eigenvalue weighted by Crippen LogP contribution is -2.37. The molecule has 96 valence electrons. The molecule has 2 heteroatoms. The lowest BCUT2D eigenvalue weighted by molar-refractivity contribution is 0.169. The maximum Gasteiger partial charge on any atom is 0.0839 e. The Balaban J connectivity index is 1.97. The van der Waals surface area contributed by atoms with Crippen LogP contribution >= 0.6 is 0 Å². The molecule has 0 radical (unpaired) electrons. The van der Waals surface area contributed by atoms with Crippen molar-refractivity contribution in [3.05, 3.63) is 35.9 Å². The van der Waals surface area contributed by atoms with E-state index >= 15 is 0 Å². The molecule has 1 aromatic rings. The monoisotopic (exact) mass is 242 g/mol. The van der Waals surface area contributed by atoms with Crippen molar-refractivity contribution in [2.24, 2.45) is 5.92 Å². The third kappa shape index (κ3) is 3.34. The van der Waals surface area contributed by atoms with Crippen LogP contribution in [0, 0.1) is 17.2 Å². The minimum atomic E-state index is 0.0156. The van der Waals surface area contributed by atoms with Gasteiger partial charge in [0.25, 0.3) is 0 Å². The Kier molecular flexibility index (Phi) is 4.78. The lowest BCUT2D eigenvalue weighted by Gasteiger charge is -2.33. The summed E-state index contributed by atoms with van der Waals surface area (Å²) in [5.74, 6) is 0.843. The van der Waals surface area contributed by atoms with Crippen LogP contribution in [0.3, 0.4) is 0 Å². The van der Waals surface area contributed by atoms with Crippen molar-refractivity contribution >= 4 is 0 Å². The summed E-state index contributed by atoms with van der Waals surface area (Å²) in [5.41, 5.74) is 1.15. The van der Waals surface area contributed by atoms with Crippen molar-refractivity contribution in [1.29, 1.82) is 5.26 Å². The second-order valence-corrected chi connectivity index (χ2v) is 5.27. The van der Waals surface area contributed by atoms with Crippen LogP contribution in [0.2, 0.25) is 0 Å². The van der Waals surface area contributed by atoms with E-state index in [1.807, 2.05) is 18.2 Å². The quantitative estimate of drug-likeness (QED) is 0.809. The molecule has 0 bridgehead atoms. The predicted molar refractivity (Wildman–Crippen MR) is 74.3 cm³/mol. The smallest absolute Gasteiger partial charge is 0.0839 e. The van der Waals surface area contributed by atoms with Crippen LogP contribution in [0.5, 0.6) is 0 Å². The zero-order valence-corrected chi connectivity index (χ0v) is 11.2. The molecule has 0 aliphatic carbocycles. The summed E-state index contributed by atoms with van der Waals surface area (Å²) in [6, 6.07) is 12.6. The summed E-state index contributed by atoms with van der Waals surface area (Å²) in [4.78, 5) is 2.47. The van der Waals surface area contributed by atoms with Gasteiger partial charge in [-0.2, -0.15) is 5.26 Å². The van der Waals surface area contributed by atoms with Crippen molar-refractivity contribution in [2.75, 3.05) is 19.6 Å². The molecule has 0 N–H and O–H groups in total. The van der Waals surface area contributed by atoms with E-state index in [1.165, 1.54) is 25.8 Å². The van der Waals surface area contributed by atoms with Crippen LogP contribution in [0.4, 0.5) is 0 Å². The summed E-state index contributed by atoms with van der Waals surface area (Å²) in [6.07, 6.45) is 3.90. The molecular weight excluding hydrogens is 220 g/mol. The van der Waals surface area contributed by atoms with Gasteiger partial charge in [0.15, 0.2) is 0 Å². The molecule has 0 spiro atoms. The number of nitrogens with zero attached hydrogens (tertiary/aromatic N) is 2. The Bertz CT molecular complexity index is 393. The van der Waals surface area contributed by atoms with Gasteiger partial charge in [-0.05, 0) is 30.9 Å². The minimum Gasteiger partial charge on any atom is -0.301 e. The van der Waals surface area contributed by atoms with Gasteiger partial charge in [-0.1, -0.05) is 43.7 Å². The topological polar surface area (TPSA) is 27.0 Å². The van der Waals surface area contributed by atoms with Crippen LogP contribution in [0.25, 0.3) is 0 Å². The van der Waals surface area contributed by atoms with Gasteiger partial charge in [-0.3, -0.25) is 0 Å². The molecule has 1 heterocycles. The highest BCUT2D eigenvalue weighted by atomic mass is 15.1. The number of hydrogen-bond acceptors (Lipinski definition) is 2. The second kappa shape index (κ2) is 6.56. The molecule has 1 aromatic carbocycles. The third-order valence-electron chi connectivity index (χ3n) is 3.98. The van der Waals surface area contributed by atoms with E-state index in [4.69, 9.17) is 0 Å². The first-order chi connectivity index (χ1) is 8.83. The van der Waals surface area contributed by atoms with Crippen LogP contribution in [-0.4, -0.2) is 24.5 Å². The number of benzene rings is 1. The summed E-state index contributed by atoms with van der Waals surface area (Å²) < 4.78 is 0. The number of nitriles is 1.